The third kappa shape index (κ3) is 8.53. The second-order valence-corrected chi connectivity index (χ2v) is 12.5. The summed E-state index contributed by atoms with van der Waals surface area (Å²) in [6, 6.07) is 23.0. The second kappa shape index (κ2) is 16.6. The van der Waals surface area contributed by atoms with Gasteiger partial charge in [-0.15, -0.1) is 0 Å². The van der Waals surface area contributed by atoms with E-state index in [1.54, 1.807) is 54.6 Å². The van der Waals surface area contributed by atoms with Crippen molar-refractivity contribution in [3.63, 3.8) is 0 Å². The van der Waals surface area contributed by atoms with Crippen molar-refractivity contribution < 1.29 is 52.8 Å². The van der Waals surface area contributed by atoms with Gasteiger partial charge in [-0.1, -0.05) is 79.9 Å². The highest BCUT2D eigenvalue weighted by atomic mass is 16.6. The van der Waals surface area contributed by atoms with Gasteiger partial charge >= 0.3 is 23.9 Å². The Balaban J connectivity index is 1.63. The van der Waals surface area contributed by atoms with Crippen LogP contribution in [0.5, 0.6) is 0 Å². The van der Waals surface area contributed by atoms with Gasteiger partial charge in [0.1, 0.15) is 18.3 Å². The summed E-state index contributed by atoms with van der Waals surface area (Å²) in [5, 5.41) is 14.8. The van der Waals surface area contributed by atoms with E-state index in [-0.39, 0.29) is 29.5 Å². The molecule has 51 heavy (non-hydrogen) atoms. The number of amides is 1. The number of benzene rings is 3. The molecule has 5 atom stereocenters. The van der Waals surface area contributed by atoms with Crippen molar-refractivity contribution in [1.29, 1.82) is 0 Å². The van der Waals surface area contributed by atoms with Gasteiger partial charge in [-0.3, -0.25) is 4.79 Å². The van der Waals surface area contributed by atoms with Gasteiger partial charge in [-0.2, -0.15) is 0 Å². The summed E-state index contributed by atoms with van der Waals surface area (Å²) < 4.78 is 29.5. The Kier molecular flexibility index (Phi) is 12.0. The summed E-state index contributed by atoms with van der Waals surface area (Å²) >= 11 is 0. The van der Waals surface area contributed by atoms with Crippen LogP contribution in [0, 0.1) is 0 Å². The Hall–Kier alpha value is -5.33. The molecule has 0 saturated heterocycles. The zero-order valence-electron chi connectivity index (χ0n) is 28.4. The van der Waals surface area contributed by atoms with E-state index in [4.69, 9.17) is 23.7 Å². The molecule has 1 aliphatic carbocycles. The Bertz CT molecular complexity index is 1710. The van der Waals surface area contributed by atoms with Crippen molar-refractivity contribution in [1.82, 2.24) is 5.32 Å². The van der Waals surface area contributed by atoms with Crippen LogP contribution in [0.15, 0.2) is 103 Å². The number of ether oxygens (including phenoxy) is 5. The first-order chi connectivity index (χ1) is 24.6. The summed E-state index contributed by atoms with van der Waals surface area (Å²) in [5.41, 5.74) is -3.38. The molecule has 2 N–H and O–H groups in total. The SMILES string of the molecule is COC(=O)[C@@]1(C2(O)CCCCC2)C=C[C@@H](NC(C)=O)[C@H]([C@H](OC(=O)c2ccccc2)[C@@H](COC(=O)c2ccccc2)OC(=O)c2ccccc2)O1. The van der Waals surface area contributed by atoms with Gasteiger partial charge in [-0.25, -0.2) is 19.2 Å². The highest BCUT2D eigenvalue weighted by molar-refractivity contribution is 5.91. The lowest BCUT2D eigenvalue weighted by Gasteiger charge is -2.50. The first-order valence-corrected chi connectivity index (χ1v) is 16.8. The molecule has 1 fully saturated rings. The predicted molar refractivity (Wildman–Crippen MR) is 182 cm³/mol. The fourth-order valence-corrected chi connectivity index (χ4v) is 6.45. The minimum Gasteiger partial charge on any atom is -0.467 e. The smallest absolute Gasteiger partial charge is 0.345 e. The van der Waals surface area contributed by atoms with Crippen LogP contribution in [0.3, 0.4) is 0 Å². The van der Waals surface area contributed by atoms with Crippen LogP contribution in [0.25, 0.3) is 0 Å². The molecule has 0 bridgehead atoms. The van der Waals surface area contributed by atoms with E-state index in [0.717, 1.165) is 13.5 Å². The van der Waals surface area contributed by atoms with Crippen LogP contribution in [-0.2, 0) is 33.3 Å². The van der Waals surface area contributed by atoms with E-state index in [0.29, 0.717) is 12.8 Å². The standard InChI is InChI=1S/C39H41NO11/c1-26(41)40-30-21-24-39(37(45)47-2,38(46)22-13-6-14-23-38)51-32(30)33(50-36(44)29-19-11-5-12-20-29)31(49-35(43)28-17-9-4-10-18-28)25-48-34(42)27-15-7-3-8-16-27/h3-5,7-12,15-21,24,30-33,46H,6,13-14,22-23,25H2,1-2H3,(H,40,41)/t30-,31-,32-,33-,39-/m1/s1. The Morgan fingerprint density at radius 3 is 1.80 bits per heavy atom. The van der Waals surface area contributed by atoms with E-state index in [9.17, 15) is 29.1 Å². The maximum atomic E-state index is 13.8. The minimum atomic E-state index is -2.12. The quantitative estimate of drug-likeness (QED) is 0.157. The van der Waals surface area contributed by atoms with Crippen LogP contribution < -0.4 is 5.32 Å². The number of esters is 4. The topological polar surface area (TPSA) is 164 Å². The highest BCUT2D eigenvalue weighted by Gasteiger charge is 2.61. The monoisotopic (exact) mass is 699 g/mol. The summed E-state index contributed by atoms with van der Waals surface area (Å²) in [6.07, 6.45) is 0.472. The summed E-state index contributed by atoms with van der Waals surface area (Å²) in [7, 11) is 1.16. The zero-order valence-corrected chi connectivity index (χ0v) is 28.4. The number of methoxy groups -OCH3 is 1. The molecular weight excluding hydrogens is 658 g/mol. The lowest BCUT2D eigenvalue weighted by molar-refractivity contribution is -0.237. The van der Waals surface area contributed by atoms with E-state index >= 15 is 0 Å². The fraction of sp³-hybridized carbons (Fsp3) is 0.359. The number of hydrogen-bond donors (Lipinski definition) is 2. The van der Waals surface area contributed by atoms with Gasteiger partial charge in [0.05, 0.1) is 29.8 Å². The number of carbonyl (C=O) groups is 5. The third-order valence-electron chi connectivity index (χ3n) is 9.04. The largest absolute Gasteiger partial charge is 0.467 e. The van der Waals surface area contributed by atoms with Gasteiger partial charge in [0.2, 0.25) is 11.5 Å². The summed E-state index contributed by atoms with van der Waals surface area (Å²) in [5.74, 6) is -3.88. The maximum absolute atomic E-state index is 13.8. The van der Waals surface area contributed by atoms with Gasteiger partial charge in [-0.05, 0) is 55.3 Å². The Morgan fingerprint density at radius 2 is 1.29 bits per heavy atom. The predicted octanol–water partition coefficient (Wildman–Crippen LogP) is 4.36. The third-order valence-corrected chi connectivity index (χ3v) is 9.04. The maximum Gasteiger partial charge on any atom is 0.345 e. The Labute approximate surface area is 295 Å². The summed E-state index contributed by atoms with van der Waals surface area (Å²) in [4.78, 5) is 66.8. The molecule has 1 saturated carbocycles. The molecule has 0 aromatic heterocycles. The average Bonchev–Trinajstić information content (AvgIpc) is 3.16. The van der Waals surface area contributed by atoms with Crippen molar-refractivity contribution in [2.24, 2.45) is 0 Å². The molecule has 1 aliphatic heterocycles. The van der Waals surface area contributed by atoms with Crippen molar-refractivity contribution in [3.8, 4) is 0 Å². The van der Waals surface area contributed by atoms with Crippen molar-refractivity contribution in [2.75, 3.05) is 13.7 Å². The van der Waals surface area contributed by atoms with Crippen LogP contribution in [0.1, 0.15) is 70.1 Å². The molecule has 268 valence electrons. The molecular formula is C39H41NO11. The number of rotatable bonds is 12. The minimum absolute atomic E-state index is 0.129. The number of aliphatic hydroxyl groups is 1. The molecule has 3 aromatic carbocycles. The van der Waals surface area contributed by atoms with Crippen LogP contribution in [0.4, 0.5) is 0 Å². The molecule has 2 aliphatic rings. The first kappa shape index (κ1) is 36.9. The van der Waals surface area contributed by atoms with Crippen molar-refractivity contribution in [3.05, 3.63) is 120 Å². The number of nitrogens with one attached hydrogen (secondary N) is 1. The molecule has 12 heteroatoms. The second-order valence-electron chi connectivity index (χ2n) is 12.5. The summed E-state index contributed by atoms with van der Waals surface area (Å²) in [6.45, 7) is 0.631. The van der Waals surface area contributed by atoms with Crippen molar-refractivity contribution in [2.45, 2.75) is 74.6 Å². The van der Waals surface area contributed by atoms with E-state index in [1.165, 1.54) is 55.5 Å². The molecule has 1 amide bonds. The lowest BCUT2D eigenvalue weighted by Crippen LogP contribution is -2.68. The van der Waals surface area contributed by atoms with E-state index < -0.39 is 71.9 Å². The molecule has 0 radical (unpaired) electrons. The van der Waals surface area contributed by atoms with Gasteiger partial charge in [0.15, 0.2) is 12.2 Å². The molecule has 0 unspecified atom stereocenters. The van der Waals surface area contributed by atoms with Crippen LogP contribution in [-0.4, -0.2) is 84.2 Å². The zero-order chi connectivity index (χ0) is 36.4. The van der Waals surface area contributed by atoms with Crippen LogP contribution >= 0.6 is 0 Å². The van der Waals surface area contributed by atoms with Gasteiger partial charge in [0, 0.05) is 6.92 Å². The normalized spacial score (nSPS) is 22.0. The van der Waals surface area contributed by atoms with E-state index in [2.05, 4.69) is 5.32 Å². The molecule has 5 rings (SSSR count). The molecule has 1 heterocycles. The molecule has 3 aromatic rings. The average molecular weight is 700 g/mol. The fourth-order valence-electron chi connectivity index (χ4n) is 6.45. The lowest BCUT2D eigenvalue weighted by atomic mass is 9.70. The number of hydrogen-bond acceptors (Lipinski definition) is 11. The van der Waals surface area contributed by atoms with Crippen LogP contribution in [0.2, 0.25) is 0 Å². The molecule has 0 spiro atoms. The number of carbonyl (C=O) groups excluding carboxylic acids is 5. The van der Waals surface area contributed by atoms with Crippen molar-refractivity contribution >= 4 is 29.8 Å². The highest BCUT2D eigenvalue weighted by Crippen LogP contribution is 2.44. The van der Waals surface area contributed by atoms with E-state index in [1.807, 2.05) is 0 Å². The first-order valence-electron chi connectivity index (χ1n) is 16.8. The van der Waals surface area contributed by atoms with Gasteiger partial charge < -0.3 is 34.1 Å². The molecule has 12 nitrogen and oxygen atoms in total. The van der Waals surface area contributed by atoms with Gasteiger partial charge in [0.25, 0.3) is 0 Å². The Morgan fingerprint density at radius 1 is 0.784 bits per heavy atom.